The Bertz CT molecular complexity index is 318. The van der Waals surface area contributed by atoms with Crippen LogP contribution in [0.3, 0.4) is 0 Å². The molecular weight excluding hydrogens is 208 g/mol. The monoisotopic (exact) mass is 226 g/mol. The Balaban J connectivity index is 2.68. The second-order valence-electron chi connectivity index (χ2n) is 5.00. The minimum atomic E-state index is 0.176. The second kappa shape index (κ2) is 4.89. The van der Waals surface area contributed by atoms with Gasteiger partial charge in [0.25, 0.3) is 0 Å². The van der Waals surface area contributed by atoms with Gasteiger partial charge in [0.15, 0.2) is 0 Å². The molecule has 0 aliphatic heterocycles. The molecule has 0 amide bonds. The number of alkyl halides is 1. The van der Waals surface area contributed by atoms with Gasteiger partial charge in [-0.1, -0.05) is 26.0 Å². The van der Waals surface area contributed by atoms with Crippen molar-refractivity contribution in [1.29, 1.82) is 0 Å². The Labute approximate surface area is 97.1 Å². The maximum atomic E-state index is 9.37. The lowest BCUT2D eigenvalue weighted by molar-refractivity contribution is 0.331. The highest BCUT2D eigenvalue weighted by Gasteiger charge is 2.20. The molecule has 0 saturated heterocycles. The van der Waals surface area contributed by atoms with Crippen LogP contribution < -0.4 is 0 Å². The SMILES string of the molecule is CC(Cl)CC(C)(C)Cc1cccc(O)c1. The average Bonchev–Trinajstić information content (AvgIpc) is 1.99. The highest BCUT2D eigenvalue weighted by Crippen LogP contribution is 2.29. The van der Waals surface area contributed by atoms with Crippen LogP contribution in [-0.2, 0) is 6.42 Å². The molecule has 0 aliphatic rings. The molecule has 1 unspecified atom stereocenters. The third-order valence-electron chi connectivity index (χ3n) is 2.43. The van der Waals surface area contributed by atoms with Gasteiger partial charge in [0.05, 0.1) is 0 Å². The normalized spacial score (nSPS) is 13.9. The fourth-order valence-electron chi connectivity index (χ4n) is 2.05. The fraction of sp³-hybridized carbons (Fsp3) is 0.538. The van der Waals surface area contributed by atoms with Gasteiger partial charge in [-0.3, -0.25) is 0 Å². The third kappa shape index (κ3) is 4.57. The maximum absolute atomic E-state index is 9.37. The number of aromatic hydroxyl groups is 1. The first kappa shape index (κ1) is 12.4. The third-order valence-corrected chi connectivity index (χ3v) is 2.58. The molecule has 1 atom stereocenters. The van der Waals surface area contributed by atoms with Gasteiger partial charge in [-0.25, -0.2) is 0 Å². The van der Waals surface area contributed by atoms with Crippen molar-refractivity contribution in [2.75, 3.05) is 0 Å². The molecule has 0 saturated carbocycles. The molecule has 0 radical (unpaired) electrons. The van der Waals surface area contributed by atoms with Crippen molar-refractivity contribution in [2.45, 2.75) is 39.0 Å². The molecule has 0 spiro atoms. The first-order valence-corrected chi connectivity index (χ1v) is 5.75. The average molecular weight is 227 g/mol. The molecule has 1 rings (SSSR count). The molecule has 1 nitrogen and oxygen atoms in total. The summed E-state index contributed by atoms with van der Waals surface area (Å²) in [5.74, 6) is 0.335. The van der Waals surface area contributed by atoms with E-state index in [9.17, 15) is 5.11 Å². The van der Waals surface area contributed by atoms with Gasteiger partial charge in [-0.15, -0.1) is 11.6 Å². The molecule has 1 aromatic rings. The molecule has 1 aromatic carbocycles. The summed E-state index contributed by atoms with van der Waals surface area (Å²) >= 11 is 6.01. The lowest BCUT2D eigenvalue weighted by Gasteiger charge is -2.26. The Morgan fingerprint density at radius 2 is 2.07 bits per heavy atom. The van der Waals surface area contributed by atoms with Gasteiger partial charge in [0, 0.05) is 5.38 Å². The van der Waals surface area contributed by atoms with Gasteiger partial charge in [0.1, 0.15) is 5.75 Å². The van der Waals surface area contributed by atoms with Crippen LogP contribution in [0.4, 0.5) is 0 Å². The van der Waals surface area contributed by atoms with Crippen molar-refractivity contribution in [3.05, 3.63) is 29.8 Å². The fourth-order valence-corrected chi connectivity index (χ4v) is 2.47. The topological polar surface area (TPSA) is 20.2 Å². The Hall–Kier alpha value is -0.690. The standard InChI is InChI=1S/C13H19ClO/c1-10(14)8-13(2,3)9-11-5-4-6-12(15)7-11/h4-7,10,15H,8-9H2,1-3H3. The van der Waals surface area contributed by atoms with E-state index in [1.165, 1.54) is 0 Å². The van der Waals surface area contributed by atoms with Crippen LogP contribution in [0.1, 0.15) is 32.8 Å². The van der Waals surface area contributed by atoms with Gasteiger partial charge in [-0.2, -0.15) is 0 Å². The zero-order valence-corrected chi connectivity index (χ0v) is 10.4. The van der Waals surface area contributed by atoms with Crippen LogP contribution in [0.25, 0.3) is 0 Å². The van der Waals surface area contributed by atoms with Crippen LogP contribution in [0.5, 0.6) is 5.75 Å². The number of benzene rings is 1. The van der Waals surface area contributed by atoms with E-state index in [2.05, 4.69) is 13.8 Å². The van der Waals surface area contributed by atoms with Crippen LogP contribution in [-0.4, -0.2) is 10.5 Å². The van der Waals surface area contributed by atoms with E-state index < -0.39 is 0 Å². The summed E-state index contributed by atoms with van der Waals surface area (Å²) in [6.07, 6.45) is 1.92. The van der Waals surface area contributed by atoms with Crippen LogP contribution in [0.15, 0.2) is 24.3 Å². The van der Waals surface area contributed by atoms with Crippen molar-refractivity contribution >= 4 is 11.6 Å². The van der Waals surface area contributed by atoms with Crippen molar-refractivity contribution < 1.29 is 5.11 Å². The number of hydrogen-bond donors (Lipinski definition) is 1. The van der Waals surface area contributed by atoms with Crippen molar-refractivity contribution in [1.82, 2.24) is 0 Å². The van der Waals surface area contributed by atoms with E-state index in [1.54, 1.807) is 6.07 Å². The molecule has 0 heterocycles. The number of hydrogen-bond acceptors (Lipinski definition) is 1. The first-order valence-electron chi connectivity index (χ1n) is 5.31. The van der Waals surface area contributed by atoms with Crippen molar-refractivity contribution in [3.8, 4) is 5.75 Å². The molecule has 0 aliphatic carbocycles. The summed E-state index contributed by atoms with van der Waals surface area (Å²) in [5, 5.41) is 9.56. The molecule has 0 aromatic heterocycles. The lowest BCUT2D eigenvalue weighted by Crippen LogP contribution is -2.18. The van der Waals surface area contributed by atoms with Gasteiger partial charge in [-0.05, 0) is 42.9 Å². The number of phenols is 1. The highest BCUT2D eigenvalue weighted by atomic mass is 35.5. The molecule has 1 N–H and O–H groups in total. The molecular formula is C13H19ClO. The Morgan fingerprint density at radius 3 is 2.60 bits per heavy atom. The highest BCUT2D eigenvalue weighted by molar-refractivity contribution is 6.20. The summed E-state index contributed by atoms with van der Waals surface area (Å²) in [6.45, 7) is 6.43. The zero-order valence-electron chi connectivity index (χ0n) is 9.63. The number of halogens is 1. The van der Waals surface area contributed by atoms with E-state index in [0.29, 0.717) is 5.75 Å². The van der Waals surface area contributed by atoms with E-state index in [-0.39, 0.29) is 10.8 Å². The Morgan fingerprint density at radius 1 is 1.40 bits per heavy atom. The van der Waals surface area contributed by atoms with E-state index in [0.717, 1.165) is 18.4 Å². The predicted octanol–water partition coefficient (Wildman–Crippen LogP) is 3.98. The quantitative estimate of drug-likeness (QED) is 0.771. The molecule has 15 heavy (non-hydrogen) atoms. The Kier molecular flexibility index (Phi) is 4.04. The summed E-state index contributed by atoms with van der Waals surface area (Å²) in [6, 6.07) is 7.44. The van der Waals surface area contributed by atoms with Gasteiger partial charge in [0.2, 0.25) is 0 Å². The van der Waals surface area contributed by atoms with Crippen molar-refractivity contribution in [3.63, 3.8) is 0 Å². The summed E-state index contributed by atoms with van der Waals surface area (Å²) < 4.78 is 0. The summed E-state index contributed by atoms with van der Waals surface area (Å²) in [5.41, 5.74) is 1.34. The summed E-state index contributed by atoms with van der Waals surface area (Å²) in [4.78, 5) is 0. The van der Waals surface area contributed by atoms with E-state index in [4.69, 9.17) is 11.6 Å². The minimum absolute atomic E-state index is 0.176. The van der Waals surface area contributed by atoms with E-state index in [1.807, 2.05) is 25.1 Å². The maximum Gasteiger partial charge on any atom is 0.115 e. The predicted molar refractivity (Wildman–Crippen MR) is 65.5 cm³/mol. The van der Waals surface area contributed by atoms with Crippen LogP contribution in [0, 0.1) is 5.41 Å². The minimum Gasteiger partial charge on any atom is -0.508 e. The molecule has 84 valence electrons. The van der Waals surface area contributed by atoms with E-state index >= 15 is 0 Å². The smallest absolute Gasteiger partial charge is 0.115 e. The van der Waals surface area contributed by atoms with Crippen LogP contribution >= 0.6 is 11.6 Å². The van der Waals surface area contributed by atoms with Gasteiger partial charge >= 0.3 is 0 Å². The number of phenolic OH excluding ortho intramolecular Hbond substituents is 1. The number of rotatable bonds is 4. The first-order chi connectivity index (χ1) is 6.89. The second-order valence-corrected chi connectivity index (χ2v) is 5.74. The van der Waals surface area contributed by atoms with Crippen molar-refractivity contribution in [2.24, 2.45) is 5.41 Å². The zero-order chi connectivity index (χ0) is 11.5. The van der Waals surface area contributed by atoms with Gasteiger partial charge < -0.3 is 5.11 Å². The molecule has 0 bridgehead atoms. The molecule has 0 fully saturated rings. The lowest BCUT2D eigenvalue weighted by atomic mass is 9.82. The molecule has 2 heteroatoms. The largest absolute Gasteiger partial charge is 0.508 e. The summed E-state index contributed by atoms with van der Waals surface area (Å²) in [7, 11) is 0. The van der Waals surface area contributed by atoms with Crippen LogP contribution in [0.2, 0.25) is 0 Å².